The van der Waals surface area contributed by atoms with E-state index < -0.39 is 0 Å². The third-order valence-electron chi connectivity index (χ3n) is 4.03. The fraction of sp³-hybridized carbons (Fsp3) is 0.533. The predicted octanol–water partition coefficient (Wildman–Crippen LogP) is 2.03. The molecule has 1 heterocycles. The fourth-order valence-electron chi connectivity index (χ4n) is 2.70. The topological polar surface area (TPSA) is 35.6 Å². The average Bonchev–Trinajstić information content (AvgIpc) is 2.46. The average molecular weight is 279 g/mol. The summed E-state index contributed by atoms with van der Waals surface area (Å²) in [6, 6.07) is 4.99. The van der Waals surface area contributed by atoms with Gasteiger partial charge in [0.05, 0.1) is 11.3 Å². The molecule has 5 heteroatoms. The summed E-state index contributed by atoms with van der Waals surface area (Å²) < 4.78 is 13.7. The van der Waals surface area contributed by atoms with E-state index in [1.807, 2.05) is 4.90 Å². The van der Waals surface area contributed by atoms with Gasteiger partial charge in [-0.05, 0) is 25.6 Å². The van der Waals surface area contributed by atoms with Crippen molar-refractivity contribution in [1.82, 2.24) is 9.80 Å². The van der Waals surface area contributed by atoms with Gasteiger partial charge in [-0.15, -0.1) is 0 Å². The minimum Gasteiger partial charge on any atom is -0.385 e. The number of nitrogens with zero attached hydrogens (tertiary/aromatic N) is 2. The molecule has 2 rings (SSSR count). The van der Waals surface area contributed by atoms with Crippen molar-refractivity contribution in [3.8, 4) is 0 Å². The molecular weight excluding hydrogens is 257 g/mol. The van der Waals surface area contributed by atoms with Gasteiger partial charge >= 0.3 is 0 Å². The number of benzene rings is 1. The van der Waals surface area contributed by atoms with Crippen LogP contribution in [0.1, 0.15) is 23.7 Å². The number of halogens is 1. The molecule has 1 aliphatic rings. The van der Waals surface area contributed by atoms with Crippen molar-refractivity contribution in [2.24, 2.45) is 0 Å². The molecule has 1 atom stereocenters. The van der Waals surface area contributed by atoms with Gasteiger partial charge in [0, 0.05) is 32.7 Å². The molecule has 20 heavy (non-hydrogen) atoms. The number of amides is 1. The van der Waals surface area contributed by atoms with Crippen molar-refractivity contribution >= 4 is 11.6 Å². The van der Waals surface area contributed by atoms with Crippen molar-refractivity contribution in [3.63, 3.8) is 0 Å². The number of carbonyl (C=O) groups excluding carboxylic acids is 1. The minimum atomic E-state index is -0.389. The molecule has 1 aromatic carbocycles. The summed E-state index contributed by atoms with van der Waals surface area (Å²) >= 11 is 0. The molecule has 1 saturated heterocycles. The Labute approximate surface area is 119 Å². The Balaban J connectivity index is 2.22. The van der Waals surface area contributed by atoms with E-state index in [0.29, 0.717) is 24.7 Å². The first kappa shape index (κ1) is 14.8. The number of likely N-dealkylation sites (N-methyl/N-ethyl adjacent to an activating group) is 1. The molecule has 4 nitrogen and oxygen atoms in total. The number of anilines is 1. The summed E-state index contributed by atoms with van der Waals surface area (Å²) in [5.41, 5.74) is 0.691. The van der Waals surface area contributed by atoms with E-state index in [-0.39, 0.29) is 17.4 Å². The van der Waals surface area contributed by atoms with E-state index in [1.54, 1.807) is 19.2 Å². The number of hydrogen-bond acceptors (Lipinski definition) is 3. The lowest BCUT2D eigenvalue weighted by Gasteiger charge is -2.39. The first-order valence-electron chi connectivity index (χ1n) is 7.04. The van der Waals surface area contributed by atoms with Crippen LogP contribution in [-0.4, -0.2) is 55.5 Å². The Kier molecular flexibility index (Phi) is 4.60. The van der Waals surface area contributed by atoms with Gasteiger partial charge in [0.25, 0.3) is 5.91 Å². The Morgan fingerprint density at radius 1 is 1.45 bits per heavy atom. The van der Waals surface area contributed by atoms with Crippen LogP contribution >= 0.6 is 0 Å². The Bertz CT molecular complexity index is 492. The van der Waals surface area contributed by atoms with Crippen LogP contribution in [0.5, 0.6) is 0 Å². The molecule has 110 valence electrons. The quantitative estimate of drug-likeness (QED) is 0.919. The van der Waals surface area contributed by atoms with Gasteiger partial charge in [0.1, 0.15) is 5.82 Å². The molecule has 1 fully saturated rings. The number of piperazine rings is 1. The highest BCUT2D eigenvalue weighted by atomic mass is 19.1. The van der Waals surface area contributed by atoms with Crippen molar-refractivity contribution in [1.29, 1.82) is 0 Å². The maximum atomic E-state index is 13.7. The third kappa shape index (κ3) is 2.77. The van der Waals surface area contributed by atoms with Crippen LogP contribution in [-0.2, 0) is 0 Å². The molecule has 0 bridgehead atoms. The lowest BCUT2D eigenvalue weighted by atomic mass is 10.1. The third-order valence-corrected chi connectivity index (χ3v) is 4.03. The van der Waals surface area contributed by atoms with Crippen LogP contribution in [0.3, 0.4) is 0 Å². The molecular formula is C15H22FN3O. The lowest BCUT2D eigenvalue weighted by molar-refractivity contribution is 0.0542. The summed E-state index contributed by atoms with van der Waals surface area (Å²) in [5, 5.41) is 2.78. The fourth-order valence-corrected chi connectivity index (χ4v) is 2.70. The summed E-state index contributed by atoms with van der Waals surface area (Å²) in [6.45, 7) is 4.36. The minimum absolute atomic E-state index is 0.0969. The zero-order chi connectivity index (χ0) is 14.7. The lowest BCUT2D eigenvalue weighted by Crippen LogP contribution is -2.53. The predicted molar refractivity (Wildman–Crippen MR) is 78.6 cm³/mol. The Hall–Kier alpha value is -1.62. The van der Waals surface area contributed by atoms with Crippen molar-refractivity contribution in [2.75, 3.05) is 39.0 Å². The second kappa shape index (κ2) is 6.22. The van der Waals surface area contributed by atoms with E-state index >= 15 is 0 Å². The van der Waals surface area contributed by atoms with Crippen LogP contribution in [0.4, 0.5) is 10.1 Å². The second-order valence-electron chi connectivity index (χ2n) is 5.21. The summed E-state index contributed by atoms with van der Waals surface area (Å²) in [5.74, 6) is -0.486. The van der Waals surface area contributed by atoms with Crippen LogP contribution in [0.25, 0.3) is 0 Å². The van der Waals surface area contributed by atoms with Crippen molar-refractivity contribution in [2.45, 2.75) is 19.4 Å². The number of nitrogens with one attached hydrogen (secondary N) is 1. The number of rotatable bonds is 3. The maximum Gasteiger partial charge on any atom is 0.256 e. The van der Waals surface area contributed by atoms with Gasteiger partial charge < -0.3 is 10.2 Å². The van der Waals surface area contributed by atoms with Gasteiger partial charge in [-0.3, -0.25) is 9.69 Å². The molecule has 1 aromatic rings. The van der Waals surface area contributed by atoms with Crippen LogP contribution in [0.2, 0.25) is 0 Å². The molecule has 1 unspecified atom stereocenters. The summed E-state index contributed by atoms with van der Waals surface area (Å²) in [4.78, 5) is 16.7. The summed E-state index contributed by atoms with van der Waals surface area (Å²) in [6.07, 6.45) is 1.00. The zero-order valence-corrected chi connectivity index (χ0v) is 12.3. The van der Waals surface area contributed by atoms with Gasteiger partial charge in [-0.2, -0.15) is 0 Å². The van der Waals surface area contributed by atoms with E-state index in [1.165, 1.54) is 6.07 Å². The molecule has 1 N–H and O–H groups in total. The first-order chi connectivity index (χ1) is 9.58. The summed E-state index contributed by atoms with van der Waals surface area (Å²) in [7, 11) is 3.71. The van der Waals surface area contributed by atoms with Gasteiger partial charge in [0.2, 0.25) is 0 Å². The van der Waals surface area contributed by atoms with E-state index in [2.05, 4.69) is 24.2 Å². The zero-order valence-electron chi connectivity index (χ0n) is 12.3. The maximum absolute atomic E-state index is 13.7. The highest BCUT2D eigenvalue weighted by Gasteiger charge is 2.28. The largest absolute Gasteiger partial charge is 0.385 e. The van der Waals surface area contributed by atoms with Gasteiger partial charge in [0.15, 0.2) is 0 Å². The molecule has 1 amide bonds. The van der Waals surface area contributed by atoms with Crippen molar-refractivity contribution < 1.29 is 9.18 Å². The Morgan fingerprint density at radius 2 is 2.20 bits per heavy atom. The monoisotopic (exact) mass is 279 g/mol. The SMILES string of the molecule is CCC1CN(C(=O)c2cccc(F)c2NC)CCN1C. The van der Waals surface area contributed by atoms with E-state index in [9.17, 15) is 9.18 Å². The Morgan fingerprint density at radius 3 is 2.85 bits per heavy atom. The molecule has 0 spiro atoms. The van der Waals surface area contributed by atoms with E-state index in [0.717, 1.165) is 13.0 Å². The highest BCUT2D eigenvalue weighted by molar-refractivity contribution is 5.99. The van der Waals surface area contributed by atoms with Gasteiger partial charge in [-0.25, -0.2) is 4.39 Å². The van der Waals surface area contributed by atoms with Crippen LogP contribution in [0, 0.1) is 5.82 Å². The smallest absolute Gasteiger partial charge is 0.256 e. The number of para-hydroxylation sites is 1. The highest BCUT2D eigenvalue weighted by Crippen LogP contribution is 2.22. The molecule has 0 radical (unpaired) electrons. The molecule has 0 aromatic heterocycles. The number of carbonyl (C=O) groups is 1. The molecule has 1 aliphatic heterocycles. The standard InChI is InChI=1S/C15H22FN3O/c1-4-11-10-19(9-8-18(11)3)15(20)12-6-5-7-13(16)14(12)17-2/h5-7,11,17H,4,8-10H2,1-3H3. The van der Waals surface area contributed by atoms with Crippen molar-refractivity contribution in [3.05, 3.63) is 29.6 Å². The first-order valence-corrected chi connectivity index (χ1v) is 7.04. The second-order valence-corrected chi connectivity index (χ2v) is 5.21. The van der Waals surface area contributed by atoms with E-state index in [4.69, 9.17) is 0 Å². The normalized spacial score (nSPS) is 20.0. The van der Waals surface area contributed by atoms with Crippen LogP contribution in [0.15, 0.2) is 18.2 Å². The molecule has 0 aliphatic carbocycles. The van der Waals surface area contributed by atoms with Crippen LogP contribution < -0.4 is 5.32 Å². The molecule has 0 saturated carbocycles. The number of hydrogen-bond donors (Lipinski definition) is 1. The van der Waals surface area contributed by atoms with Gasteiger partial charge in [-0.1, -0.05) is 13.0 Å².